The largest absolute Gasteiger partial charge is 0.385 e. The summed E-state index contributed by atoms with van der Waals surface area (Å²) in [6.45, 7) is 10.6. The zero-order valence-corrected chi connectivity index (χ0v) is 12.6. The number of rotatable bonds is 11. The van der Waals surface area contributed by atoms with Crippen molar-refractivity contribution in [1.29, 1.82) is 0 Å². The Morgan fingerprint density at radius 3 is 2.50 bits per heavy atom. The van der Waals surface area contributed by atoms with Gasteiger partial charge in [0.15, 0.2) is 0 Å². The lowest BCUT2D eigenvalue weighted by Gasteiger charge is -2.34. The molecular weight excluding hydrogens is 226 g/mol. The maximum absolute atomic E-state index is 5.70. The molecule has 18 heavy (non-hydrogen) atoms. The van der Waals surface area contributed by atoms with Crippen molar-refractivity contribution in [3.05, 3.63) is 0 Å². The van der Waals surface area contributed by atoms with E-state index in [4.69, 9.17) is 9.47 Å². The van der Waals surface area contributed by atoms with E-state index in [1.807, 2.05) is 0 Å². The van der Waals surface area contributed by atoms with Crippen molar-refractivity contribution in [3.8, 4) is 0 Å². The smallest absolute Gasteiger partial charge is 0.0487 e. The monoisotopic (exact) mass is 257 g/mol. The third kappa shape index (κ3) is 6.17. The first kappa shape index (κ1) is 15.9. The van der Waals surface area contributed by atoms with E-state index in [2.05, 4.69) is 26.1 Å². The molecular formula is C15H31NO2. The number of hydrogen-bond donors (Lipinski definition) is 1. The van der Waals surface area contributed by atoms with Gasteiger partial charge in [-0.2, -0.15) is 0 Å². The maximum atomic E-state index is 5.70. The van der Waals surface area contributed by atoms with E-state index in [1.165, 1.54) is 12.8 Å². The highest BCUT2D eigenvalue weighted by atomic mass is 16.5. The second kappa shape index (κ2) is 8.13. The molecule has 0 spiro atoms. The summed E-state index contributed by atoms with van der Waals surface area (Å²) in [6, 6.07) is 0.797. The molecule has 1 saturated carbocycles. The topological polar surface area (TPSA) is 30.5 Å². The van der Waals surface area contributed by atoms with Crippen molar-refractivity contribution < 1.29 is 9.47 Å². The summed E-state index contributed by atoms with van der Waals surface area (Å²) in [6.07, 6.45) is 4.86. The van der Waals surface area contributed by atoms with E-state index in [0.717, 1.165) is 45.2 Å². The Hall–Kier alpha value is -0.120. The quantitative estimate of drug-likeness (QED) is 0.577. The predicted molar refractivity (Wildman–Crippen MR) is 75.9 cm³/mol. The van der Waals surface area contributed by atoms with Crippen LogP contribution >= 0.6 is 0 Å². The minimum absolute atomic E-state index is 0.351. The lowest BCUT2D eigenvalue weighted by molar-refractivity contribution is 0.0656. The molecule has 0 aromatic rings. The Bertz CT molecular complexity index is 217. The highest BCUT2D eigenvalue weighted by molar-refractivity contribution is 4.87. The fourth-order valence-corrected chi connectivity index (χ4v) is 1.96. The fraction of sp³-hybridized carbons (Fsp3) is 1.00. The molecule has 1 aliphatic rings. The molecule has 0 heterocycles. The van der Waals surface area contributed by atoms with Crippen LogP contribution in [0.25, 0.3) is 0 Å². The van der Waals surface area contributed by atoms with Crippen LogP contribution < -0.4 is 5.32 Å². The number of methoxy groups -OCH3 is 1. The zero-order valence-electron chi connectivity index (χ0n) is 12.6. The van der Waals surface area contributed by atoms with E-state index in [9.17, 15) is 0 Å². The molecule has 1 unspecified atom stereocenters. The minimum atomic E-state index is 0.351. The van der Waals surface area contributed by atoms with Crippen LogP contribution in [-0.4, -0.2) is 39.5 Å². The summed E-state index contributed by atoms with van der Waals surface area (Å²) in [4.78, 5) is 0. The van der Waals surface area contributed by atoms with Crippen molar-refractivity contribution >= 4 is 0 Å². The SMILES string of the molecule is COCCCOCCC(C)(CNC1CC1)C(C)C. The molecule has 0 saturated heterocycles. The summed E-state index contributed by atoms with van der Waals surface area (Å²) in [5.74, 6) is 0.686. The average molecular weight is 257 g/mol. The molecule has 1 aliphatic carbocycles. The van der Waals surface area contributed by atoms with Crippen LogP contribution in [0.2, 0.25) is 0 Å². The average Bonchev–Trinajstić information content (AvgIpc) is 3.15. The third-order valence-corrected chi connectivity index (χ3v) is 4.22. The third-order valence-electron chi connectivity index (χ3n) is 4.22. The van der Waals surface area contributed by atoms with Crippen LogP contribution in [0.15, 0.2) is 0 Å². The Balaban J connectivity index is 2.14. The standard InChI is InChI=1S/C15H31NO2/c1-13(2)15(3,12-16-14-6-7-14)8-11-18-10-5-9-17-4/h13-14,16H,5-12H2,1-4H3. The van der Waals surface area contributed by atoms with Gasteiger partial charge in [-0.1, -0.05) is 20.8 Å². The van der Waals surface area contributed by atoms with Gasteiger partial charge in [0.2, 0.25) is 0 Å². The highest BCUT2D eigenvalue weighted by Gasteiger charge is 2.30. The van der Waals surface area contributed by atoms with Crippen LogP contribution in [0.4, 0.5) is 0 Å². The van der Waals surface area contributed by atoms with Crippen molar-refractivity contribution in [2.75, 3.05) is 33.5 Å². The van der Waals surface area contributed by atoms with E-state index >= 15 is 0 Å². The first-order valence-corrected chi connectivity index (χ1v) is 7.38. The van der Waals surface area contributed by atoms with Gasteiger partial charge in [-0.05, 0) is 37.0 Å². The van der Waals surface area contributed by atoms with Gasteiger partial charge in [0, 0.05) is 39.5 Å². The van der Waals surface area contributed by atoms with Crippen LogP contribution in [-0.2, 0) is 9.47 Å². The summed E-state index contributed by atoms with van der Waals surface area (Å²) >= 11 is 0. The second-order valence-corrected chi connectivity index (χ2v) is 6.17. The van der Waals surface area contributed by atoms with Gasteiger partial charge < -0.3 is 14.8 Å². The number of nitrogens with one attached hydrogen (secondary N) is 1. The van der Waals surface area contributed by atoms with E-state index in [0.29, 0.717) is 11.3 Å². The maximum Gasteiger partial charge on any atom is 0.0487 e. The van der Waals surface area contributed by atoms with Gasteiger partial charge in [0.1, 0.15) is 0 Å². The molecule has 0 radical (unpaired) electrons. The van der Waals surface area contributed by atoms with Crippen molar-refractivity contribution in [1.82, 2.24) is 5.32 Å². The molecule has 108 valence electrons. The zero-order chi connectivity index (χ0) is 13.4. The molecule has 1 N–H and O–H groups in total. The predicted octanol–water partition coefficient (Wildman–Crippen LogP) is 2.84. The molecule has 0 bridgehead atoms. The number of ether oxygens (including phenoxy) is 2. The van der Waals surface area contributed by atoms with Gasteiger partial charge in [-0.15, -0.1) is 0 Å². The van der Waals surface area contributed by atoms with Crippen LogP contribution in [0.3, 0.4) is 0 Å². The van der Waals surface area contributed by atoms with E-state index in [-0.39, 0.29) is 0 Å². The molecule has 3 heteroatoms. The Labute approximate surface area is 113 Å². The Kier molecular flexibility index (Phi) is 7.20. The van der Waals surface area contributed by atoms with Gasteiger partial charge >= 0.3 is 0 Å². The van der Waals surface area contributed by atoms with Crippen molar-refractivity contribution in [2.24, 2.45) is 11.3 Å². The van der Waals surface area contributed by atoms with Crippen LogP contribution in [0, 0.1) is 11.3 Å². The molecule has 1 atom stereocenters. The van der Waals surface area contributed by atoms with Crippen molar-refractivity contribution in [2.45, 2.75) is 52.5 Å². The first-order chi connectivity index (χ1) is 8.58. The summed E-state index contributed by atoms with van der Waals surface area (Å²) in [5, 5.41) is 3.66. The molecule has 0 aromatic carbocycles. The van der Waals surface area contributed by atoms with Crippen LogP contribution in [0.5, 0.6) is 0 Å². The summed E-state index contributed by atoms with van der Waals surface area (Å²) in [5.41, 5.74) is 0.351. The molecule has 1 fully saturated rings. The van der Waals surface area contributed by atoms with Gasteiger partial charge in [0.25, 0.3) is 0 Å². The molecule has 1 rings (SSSR count). The number of hydrogen-bond acceptors (Lipinski definition) is 3. The normalized spacial score (nSPS) is 19.2. The lowest BCUT2D eigenvalue weighted by Crippen LogP contribution is -2.38. The van der Waals surface area contributed by atoms with Gasteiger partial charge in [-0.3, -0.25) is 0 Å². The van der Waals surface area contributed by atoms with Crippen molar-refractivity contribution in [3.63, 3.8) is 0 Å². The minimum Gasteiger partial charge on any atom is -0.385 e. The van der Waals surface area contributed by atoms with Gasteiger partial charge in [0.05, 0.1) is 0 Å². The molecule has 3 nitrogen and oxygen atoms in total. The van der Waals surface area contributed by atoms with Gasteiger partial charge in [-0.25, -0.2) is 0 Å². The Morgan fingerprint density at radius 1 is 1.22 bits per heavy atom. The summed E-state index contributed by atoms with van der Waals surface area (Å²) in [7, 11) is 1.74. The molecule has 0 aliphatic heterocycles. The highest BCUT2D eigenvalue weighted by Crippen LogP contribution is 2.31. The fourth-order valence-electron chi connectivity index (χ4n) is 1.96. The van der Waals surface area contributed by atoms with E-state index in [1.54, 1.807) is 7.11 Å². The molecule has 0 amide bonds. The second-order valence-electron chi connectivity index (χ2n) is 6.17. The lowest BCUT2D eigenvalue weighted by atomic mass is 9.76. The van der Waals surface area contributed by atoms with Crippen LogP contribution in [0.1, 0.15) is 46.5 Å². The Morgan fingerprint density at radius 2 is 1.94 bits per heavy atom. The molecule has 0 aromatic heterocycles. The first-order valence-electron chi connectivity index (χ1n) is 7.38. The van der Waals surface area contributed by atoms with E-state index < -0.39 is 0 Å². The summed E-state index contributed by atoms with van der Waals surface area (Å²) < 4.78 is 10.7.